The number of morpholine rings is 1. The van der Waals surface area contributed by atoms with Gasteiger partial charge in [-0.2, -0.15) is 0 Å². The van der Waals surface area contributed by atoms with Crippen molar-refractivity contribution in [2.24, 2.45) is 0 Å². The van der Waals surface area contributed by atoms with E-state index in [0.717, 1.165) is 44.1 Å². The topological polar surface area (TPSA) is 51.4 Å². The molecule has 1 aromatic rings. The summed E-state index contributed by atoms with van der Waals surface area (Å²) in [7, 11) is 0. The van der Waals surface area contributed by atoms with Crippen LogP contribution in [-0.2, 0) is 11.3 Å². The van der Waals surface area contributed by atoms with Gasteiger partial charge in [-0.3, -0.25) is 9.88 Å². The first-order chi connectivity index (χ1) is 6.86. The lowest BCUT2D eigenvalue weighted by Gasteiger charge is -2.26. The Morgan fingerprint density at radius 3 is 2.93 bits per heavy atom. The van der Waals surface area contributed by atoms with Crippen molar-refractivity contribution in [3.05, 3.63) is 24.0 Å². The number of nitrogen functional groups attached to an aromatic ring is 1. The Morgan fingerprint density at radius 2 is 2.21 bits per heavy atom. The fourth-order valence-corrected chi connectivity index (χ4v) is 1.57. The summed E-state index contributed by atoms with van der Waals surface area (Å²) < 4.78 is 5.28. The average Bonchev–Trinajstić information content (AvgIpc) is 2.23. The lowest BCUT2D eigenvalue weighted by molar-refractivity contribution is 0.0342. The molecule has 0 unspecified atom stereocenters. The molecule has 2 rings (SSSR count). The highest BCUT2D eigenvalue weighted by Gasteiger charge is 2.11. The number of nitrogens with zero attached hydrogens (tertiary/aromatic N) is 2. The van der Waals surface area contributed by atoms with E-state index in [4.69, 9.17) is 10.5 Å². The number of anilines is 1. The van der Waals surface area contributed by atoms with E-state index in [1.165, 1.54) is 0 Å². The monoisotopic (exact) mass is 193 g/mol. The predicted octanol–water partition coefficient (Wildman–Crippen LogP) is 0.496. The van der Waals surface area contributed by atoms with Gasteiger partial charge >= 0.3 is 0 Å². The van der Waals surface area contributed by atoms with Crippen molar-refractivity contribution in [3.8, 4) is 0 Å². The van der Waals surface area contributed by atoms with Crippen LogP contribution >= 0.6 is 0 Å². The van der Waals surface area contributed by atoms with Crippen LogP contribution in [0.3, 0.4) is 0 Å². The van der Waals surface area contributed by atoms with Crippen molar-refractivity contribution in [3.63, 3.8) is 0 Å². The minimum absolute atomic E-state index is 0.820. The fourth-order valence-electron chi connectivity index (χ4n) is 1.57. The zero-order valence-electron chi connectivity index (χ0n) is 8.15. The molecule has 76 valence electrons. The molecule has 0 bridgehead atoms. The number of ether oxygens (including phenoxy) is 1. The molecule has 0 aromatic carbocycles. The smallest absolute Gasteiger partial charge is 0.0594 e. The highest BCUT2D eigenvalue weighted by atomic mass is 16.5. The van der Waals surface area contributed by atoms with E-state index in [2.05, 4.69) is 9.88 Å². The van der Waals surface area contributed by atoms with Gasteiger partial charge in [0.1, 0.15) is 0 Å². The quantitative estimate of drug-likeness (QED) is 0.743. The van der Waals surface area contributed by atoms with Gasteiger partial charge in [0.25, 0.3) is 0 Å². The van der Waals surface area contributed by atoms with Gasteiger partial charge in [-0.1, -0.05) is 0 Å². The summed E-state index contributed by atoms with van der Waals surface area (Å²) in [6, 6.07) is 1.84. The van der Waals surface area contributed by atoms with E-state index in [9.17, 15) is 0 Å². The van der Waals surface area contributed by atoms with Gasteiger partial charge in [0.05, 0.1) is 13.2 Å². The molecule has 0 atom stereocenters. The minimum Gasteiger partial charge on any atom is -0.398 e. The van der Waals surface area contributed by atoms with Crippen LogP contribution in [0.4, 0.5) is 5.69 Å². The highest BCUT2D eigenvalue weighted by molar-refractivity contribution is 5.44. The molecule has 0 spiro atoms. The first-order valence-corrected chi connectivity index (χ1v) is 4.85. The number of nitrogens with two attached hydrogens (primary N) is 1. The summed E-state index contributed by atoms with van der Waals surface area (Å²) in [4.78, 5) is 6.40. The molecule has 4 nitrogen and oxygen atoms in total. The van der Waals surface area contributed by atoms with Crippen molar-refractivity contribution >= 4 is 5.69 Å². The maximum absolute atomic E-state index is 5.84. The van der Waals surface area contributed by atoms with Crippen LogP contribution in [0.5, 0.6) is 0 Å². The fraction of sp³-hybridized carbons (Fsp3) is 0.500. The van der Waals surface area contributed by atoms with Crippen LogP contribution in [0.15, 0.2) is 18.5 Å². The molecule has 2 heterocycles. The van der Waals surface area contributed by atoms with E-state index >= 15 is 0 Å². The van der Waals surface area contributed by atoms with Crippen LogP contribution in [0, 0.1) is 0 Å². The molecule has 0 saturated carbocycles. The van der Waals surface area contributed by atoms with Crippen molar-refractivity contribution in [1.82, 2.24) is 9.88 Å². The number of hydrogen-bond donors (Lipinski definition) is 1. The molecule has 1 fully saturated rings. The summed E-state index contributed by atoms with van der Waals surface area (Å²) in [5.74, 6) is 0. The van der Waals surface area contributed by atoms with Crippen LogP contribution in [-0.4, -0.2) is 36.2 Å². The number of pyridine rings is 1. The molecule has 1 aliphatic rings. The van der Waals surface area contributed by atoms with Crippen LogP contribution in [0.2, 0.25) is 0 Å². The Hall–Kier alpha value is -1.13. The number of rotatable bonds is 2. The average molecular weight is 193 g/mol. The second-order valence-corrected chi connectivity index (χ2v) is 3.46. The Labute approximate surface area is 83.7 Å². The van der Waals surface area contributed by atoms with Crippen LogP contribution in [0.25, 0.3) is 0 Å². The van der Waals surface area contributed by atoms with Crippen molar-refractivity contribution in [1.29, 1.82) is 0 Å². The zero-order chi connectivity index (χ0) is 9.80. The molecule has 2 N–H and O–H groups in total. The lowest BCUT2D eigenvalue weighted by Crippen LogP contribution is -2.35. The third-order valence-electron chi connectivity index (χ3n) is 2.44. The van der Waals surface area contributed by atoms with Gasteiger partial charge in [-0.15, -0.1) is 0 Å². The van der Waals surface area contributed by atoms with Crippen LogP contribution < -0.4 is 5.73 Å². The van der Waals surface area contributed by atoms with Gasteiger partial charge in [0.2, 0.25) is 0 Å². The Morgan fingerprint density at radius 1 is 1.43 bits per heavy atom. The maximum Gasteiger partial charge on any atom is 0.0594 e. The first kappa shape index (κ1) is 9.43. The standard InChI is InChI=1S/C10H15N3O/c11-10-1-2-12-7-9(10)8-13-3-5-14-6-4-13/h1-2,7H,3-6,8H2,(H2,11,12). The van der Waals surface area contributed by atoms with Crippen LogP contribution in [0.1, 0.15) is 5.56 Å². The zero-order valence-corrected chi connectivity index (χ0v) is 8.15. The normalized spacial score (nSPS) is 18.3. The van der Waals surface area contributed by atoms with E-state index in [1.54, 1.807) is 6.20 Å². The largest absolute Gasteiger partial charge is 0.398 e. The predicted molar refractivity (Wildman–Crippen MR) is 54.7 cm³/mol. The molecular formula is C10H15N3O. The number of hydrogen-bond acceptors (Lipinski definition) is 4. The van der Waals surface area contributed by atoms with Crippen molar-refractivity contribution in [2.45, 2.75) is 6.54 Å². The van der Waals surface area contributed by atoms with Crippen molar-refractivity contribution < 1.29 is 4.74 Å². The molecule has 1 saturated heterocycles. The summed E-state index contributed by atoms with van der Waals surface area (Å²) in [5, 5.41) is 0. The minimum atomic E-state index is 0.820. The highest BCUT2D eigenvalue weighted by Crippen LogP contribution is 2.12. The molecule has 0 radical (unpaired) electrons. The third kappa shape index (κ3) is 2.21. The Kier molecular flexibility index (Phi) is 2.96. The summed E-state index contributed by atoms with van der Waals surface area (Å²) in [6.07, 6.45) is 3.56. The third-order valence-corrected chi connectivity index (χ3v) is 2.44. The van der Waals surface area contributed by atoms with Gasteiger partial charge in [-0.05, 0) is 6.07 Å². The van der Waals surface area contributed by atoms with Gasteiger partial charge in [0, 0.05) is 43.3 Å². The molecule has 4 heteroatoms. The van der Waals surface area contributed by atoms with E-state index in [-0.39, 0.29) is 0 Å². The van der Waals surface area contributed by atoms with Crippen molar-refractivity contribution in [2.75, 3.05) is 32.0 Å². The number of aromatic nitrogens is 1. The summed E-state index contributed by atoms with van der Waals surface area (Å²) in [5.41, 5.74) is 7.77. The molecular weight excluding hydrogens is 178 g/mol. The molecule has 14 heavy (non-hydrogen) atoms. The second kappa shape index (κ2) is 4.39. The van der Waals surface area contributed by atoms with Gasteiger partial charge in [-0.25, -0.2) is 0 Å². The van der Waals surface area contributed by atoms with E-state index < -0.39 is 0 Å². The molecule has 0 amide bonds. The first-order valence-electron chi connectivity index (χ1n) is 4.85. The molecule has 1 aromatic heterocycles. The lowest BCUT2D eigenvalue weighted by atomic mass is 10.2. The Balaban J connectivity index is 1.99. The van der Waals surface area contributed by atoms with E-state index in [1.807, 2.05) is 12.3 Å². The molecule has 0 aliphatic carbocycles. The maximum atomic E-state index is 5.84. The Bertz CT molecular complexity index is 297. The summed E-state index contributed by atoms with van der Waals surface area (Å²) in [6.45, 7) is 4.48. The summed E-state index contributed by atoms with van der Waals surface area (Å²) >= 11 is 0. The van der Waals surface area contributed by atoms with Gasteiger partial charge < -0.3 is 10.5 Å². The molecule has 1 aliphatic heterocycles. The SMILES string of the molecule is Nc1ccncc1CN1CCOCC1. The van der Waals surface area contributed by atoms with Gasteiger partial charge in [0.15, 0.2) is 0 Å². The second-order valence-electron chi connectivity index (χ2n) is 3.46. The van der Waals surface area contributed by atoms with E-state index in [0.29, 0.717) is 0 Å².